The smallest absolute Gasteiger partial charge is 0.309 e. The van der Waals surface area contributed by atoms with Gasteiger partial charge < -0.3 is 9.47 Å². The predicted molar refractivity (Wildman–Crippen MR) is 66.5 cm³/mol. The highest BCUT2D eigenvalue weighted by Crippen LogP contribution is 2.25. The van der Waals surface area contributed by atoms with Crippen LogP contribution in [0.3, 0.4) is 0 Å². The fourth-order valence-electron chi connectivity index (χ4n) is 1.16. The summed E-state index contributed by atoms with van der Waals surface area (Å²) in [6.45, 7) is 0.552. The first-order valence-electron chi connectivity index (χ1n) is 4.71. The number of methoxy groups -OCH3 is 1. The number of rotatable bonds is 5. The van der Waals surface area contributed by atoms with E-state index in [1.165, 1.54) is 7.11 Å². The largest absolute Gasteiger partial charge is 0.491 e. The van der Waals surface area contributed by atoms with Crippen molar-refractivity contribution in [2.75, 3.05) is 19.0 Å². The van der Waals surface area contributed by atoms with E-state index in [4.69, 9.17) is 16.3 Å². The first kappa shape index (κ1) is 13.3. The summed E-state index contributed by atoms with van der Waals surface area (Å²) >= 11 is 9.26. The lowest BCUT2D eigenvalue weighted by molar-refractivity contribution is -0.139. The van der Waals surface area contributed by atoms with E-state index >= 15 is 0 Å². The van der Waals surface area contributed by atoms with Crippen LogP contribution in [-0.2, 0) is 16.0 Å². The van der Waals surface area contributed by atoms with Gasteiger partial charge >= 0.3 is 5.97 Å². The average molecular weight is 308 g/mol. The second kappa shape index (κ2) is 6.76. The molecule has 16 heavy (non-hydrogen) atoms. The number of hydrogen-bond acceptors (Lipinski definition) is 3. The van der Waals surface area contributed by atoms with Crippen molar-refractivity contribution in [1.82, 2.24) is 0 Å². The predicted octanol–water partition coefficient (Wildman–Crippen LogP) is 2.83. The lowest BCUT2D eigenvalue weighted by atomic mass is 10.1. The van der Waals surface area contributed by atoms with Crippen molar-refractivity contribution in [2.45, 2.75) is 6.42 Å². The monoisotopic (exact) mass is 306 g/mol. The van der Waals surface area contributed by atoms with E-state index in [1.54, 1.807) is 18.2 Å². The molecule has 1 rings (SSSR count). The lowest BCUT2D eigenvalue weighted by Crippen LogP contribution is -2.04. The zero-order valence-electron chi connectivity index (χ0n) is 8.83. The van der Waals surface area contributed by atoms with Crippen molar-refractivity contribution in [2.24, 2.45) is 0 Å². The minimum atomic E-state index is -0.287. The standard InChI is InChI=1S/C11H12BrClO3/c1-15-11(14)7-8-2-3-10(9(13)6-8)16-5-4-12/h2-3,6H,4-5,7H2,1H3. The normalized spacial score (nSPS) is 9.94. The van der Waals surface area contributed by atoms with Gasteiger partial charge in [0.15, 0.2) is 0 Å². The Morgan fingerprint density at radius 3 is 2.81 bits per heavy atom. The van der Waals surface area contributed by atoms with E-state index < -0.39 is 0 Å². The summed E-state index contributed by atoms with van der Waals surface area (Å²) < 4.78 is 9.95. The van der Waals surface area contributed by atoms with Gasteiger partial charge in [-0.1, -0.05) is 33.6 Å². The molecule has 0 aliphatic carbocycles. The summed E-state index contributed by atoms with van der Waals surface area (Å²) in [5.74, 6) is 0.333. The van der Waals surface area contributed by atoms with Gasteiger partial charge in [-0.25, -0.2) is 0 Å². The van der Waals surface area contributed by atoms with Gasteiger partial charge in [0, 0.05) is 5.33 Å². The molecule has 0 bridgehead atoms. The Balaban J connectivity index is 2.70. The highest BCUT2D eigenvalue weighted by atomic mass is 79.9. The number of carbonyl (C=O) groups excluding carboxylic acids is 1. The Morgan fingerprint density at radius 1 is 1.50 bits per heavy atom. The van der Waals surface area contributed by atoms with Crippen molar-refractivity contribution < 1.29 is 14.3 Å². The minimum absolute atomic E-state index is 0.217. The molecule has 0 aliphatic heterocycles. The molecule has 0 aromatic heterocycles. The van der Waals surface area contributed by atoms with E-state index in [1.807, 2.05) is 0 Å². The van der Waals surface area contributed by atoms with Crippen LogP contribution in [0.2, 0.25) is 5.02 Å². The van der Waals surface area contributed by atoms with Crippen LogP contribution in [-0.4, -0.2) is 25.0 Å². The first-order chi connectivity index (χ1) is 7.67. The minimum Gasteiger partial charge on any atom is -0.491 e. The molecular formula is C11H12BrClO3. The molecule has 1 aromatic rings. The summed E-state index contributed by atoms with van der Waals surface area (Å²) in [6, 6.07) is 5.26. The SMILES string of the molecule is COC(=O)Cc1ccc(OCCBr)c(Cl)c1. The number of ether oxygens (including phenoxy) is 2. The summed E-state index contributed by atoms with van der Waals surface area (Å²) in [6.07, 6.45) is 0.217. The van der Waals surface area contributed by atoms with Gasteiger partial charge in [0.1, 0.15) is 5.75 Å². The Morgan fingerprint density at radius 2 is 2.25 bits per heavy atom. The fourth-order valence-corrected chi connectivity index (χ4v) is 1.58. The van der Waals surface area contributed by atoms with Crippen molar-refractivity contribution in [3.63, 3.8) is 0 Å². The molecule has 0 fully saturated rings. The highest BCUT2D eigenvalue weighted by molar-refractivity contribution is 9.09. The van der Waals surface area contributed by atoms with Gasteiger partial charge in [-0.3, -0.25) is 4.79 Å². The van der Waals surface area contributed by atoms with Crippen LogP contribution in [0, 0.1) is 0 Å². The van der Waals surface area contributed by atoms with E-state index in [0.717, 1.165) is 10.9 Å². The van der Waals surface area contributed by atoms with Gasteiger partial charge in [0.2, 0.25) is 0 Å². The molecule has 3 nitrogen and oxygen atoms in total. The molecule has 0 saturated heterocycles. The maximum Gasteiger partial charge on any atom is 0.309 e. The number of hydrogen-bond donors (Lipinski definition) is 0. The van der Waals surface area contributed by atoms with Gasteiger partial charge in [0.25, 0.3) is 0 Å². The molecule has 0 spiro atoms. The molecule has 0 heterocycles. The molecule has 0 N–H and O–H groups in total. The molecular weight excluding hydrogens is 295 g/mol. The third-order valence-electron chi connectivity index (χ3n) is 1.91. The van der Waals surface area contributed by atoms with Crippen molar-refractivity contribution >= 4 is 33.5 Å². The van der Waals surface area contributed by atoms with E-state index in [0.29, 0.717) is 17.4 Å². The first-order valence-corrected chi connectivity index (χ1v) is 6.21. The van der Waals surface area contributed by atoms with Crippen LogP contribution in [0.15, 0.2) is 18.2 Å². The molecule has 0 radical (unpaired) electrons. The van der Waals surface area contributed by atoms with Crippen LogP contribution >= 0.6 is 27.5 Å². The molecule has 0 aliphatic rings. The molecule has 1 aromatic carbocycles. The molecule has 5 heteroatoms. The average Bonchev–Trinajstić information content (AvgIpc) is 2.28. The van der Waals surface area contributed by atoms with Crippen molar-refractivity contribution in [1.29, 1.82) is 0 Å². The maximum absolute atomic E-state index is 11.0. The zero-order valence-corrected chi connectivity index (χ0v) is 11.2. The van der Waals surface area contributed by atoms with Gasteiger partial charge in [-0.2, -0.15) is 0 Å². The Hall–Kier alpha value is -0.740. The third-order valence-corrected chi connectivity index (χ3v) is 2.53. The molecule has 88 valence electrons. The number of benzene rings is 1. The van der Waals surface area contributed by atoms with Gasteiger partial charge in [-0.15, -0.1) is 0 Å². The molecule has 0 amide bonds. The highest BCUT2D eigenvalue weighted by Gasteiger charge is 2.06. The molecule has 0 atom stereocenters. The third kappa shape index (κ3) is 4.02. The number of alkyl halides is 1. The topological polar surface area (TPSA) is 35.5 Å². The Bertz CT molecular complexity index is 368. The van der Waals surface area contributed by atoms with Crippen LogP contribution < -0.4 is 4.74 Å². The van der Waals surface area contributed by atoms with Gasteiger partial charge in [-0.05, 0) is 17.7 Å². The maximum atomic E-state index is 11.0. The quantitative estimate of drug-likeness (QED) is 0.620. The summed E-state index contributed by atoms with van der Waals surface area (Å²) in [4.78, 5) is 11.0. The lowest BCUT2D eigenvalue weighted by Gasteiger charge is -2.07. The Labute approximate surface area is 108 Å². The fraction of sp³-hybridized carbons (Fsp3) is 0.364. The van der Waals surface area contributed by atoms with Crippen molar-refractivity contribution in [3.8, 4) is 5.75 Å². The Kier molecular flexibility index (Phi) is 5.63. The summed E-state index contributed by atoms with van der Waals surface area (Å²) in [5, 5.41) is 1.25. The van der Waals surface area contributed by atoms with Crippen LogP contribution in [0.25, 0.3) is 0 Å². The van der Waals surface area contributed by atoms with Crippen LogP contribution in [0.1, 0.15) is 5.56 Å². The van der Waals surface area contributed by atoms with Gasteiger partial charge in [0.05, 0.1) is 25.2 Å². The van der Waals surface area contributed by atoms with Crippen LogP contribution in [0.5, 0.6) is 5.75 Å². The molecule has 0 unspecified atom stereocenters. The number of carbonyl (C=O) groups is 1. The second-order valence-electron chi connectivity index (χ2n) is 3.06. The summed E-state index contributed by atoms with van der Waals surface area (Å²) in [7, 11) is 1.36. The number of halogens is 2. The van der Waals surface area contributed by atoms with Crippen molar-refractivity contribution in [3.05, 3.63) is 28.8 Å². The van der Waals surface area contributed by atoms with Crippen LogP contribution in [0.4, 0.5) is 0 Å². The zero-order chi connectivity index (χ0) is 12.0. The van der Waals surface area contributed by atoms with E-state index in [9.17, 15) is 4.79 Å². The second-order valence-corrected chi connectivity index (χ2v) is 4.26. The van der Waals surface area contributed by atoms with E-state index in [2.05, 4.69) is 20.7 Å². The number of esters is 1. The molecule has 0 saturated carbocycles. The summed E-state index contributed by atoms with van der Waals surface area (Å²) in [5.41, 5.74) is 0.808. The van der Waals surface area contributed by atoms with E-state index in [-0.39, 0.29) is 12.4 Å².